The maximum absolute atomic E-state index is 5.77. The Labute approximate surface area is 114 Å². The van der Waals surface area contributed by atoms with Gasteiger partial charge in [-0.05, 0) is 19.4 Å². The molecule has 1 aromatic carbocycles. The molecular weight excluding hydrogens is 236 g/mol. The van der Waals surface area contributed by atoms with Gasteiger partial charge in [0.2, 0.25) is 5.95 Å². The zero-order valence-electron chi connectivity index (χ0n) is 11.7. The van der Waals surface area contributed by atoms with Gasteiger partial charge in [0.1, 0.15) is 0 Å². The molecule has 0 aliphatic rings. The van der Waals surface area contributed by atoms with Crippen LogP contribution < -0.4 is 10.6 Å². The zero-order chi connectivity index (χ0) is 13.8. The third kappa shape index (κ3) is 3.51. The van der Waals surface area contributed by atoms with Gasteiger partial charge in [-0.15, -0.1) is 0 Å². The Kier molecular flexibility index (Phi) is 4.12. The lowest BCUT2D eigenvalue weighted by atomic mass is 10.1. The van der Waals surface area contributed by atoms with Crippen molar-refractivity contribution in [2.75, 3.05) is 18.5 Å². The van der Waals surface area contributed by atoms with Gasteiger partial charge in [0.15, 0.2) is 0 Å². The smallest absolute Gasteiger partial charge is 0.225 e. The summed E-state index contributed by atoms with van der Waals surface area (Å²) in [5, 5.41) is 0. The predicted octanol–water partition coefficient (Wildman–Crippen LogP) is 2.24. The monoisotopic (exact) mass is 256 g/mol. The SMILES string of the molecule is Cc1cccc(-c2cnc(N(C)CC(C)N)nc2)c1. The minimum absolute atomic E-state index is 0.102. The summed E-state index contributed by atoms with van der Waals surface area (Å²) in [5.74, 6) is 0.703. The lowest BCUT2D eigenvalue weighted by Gasteiger charge is -2.19. The first-order valence-corrected chi connectivity index (χ1v) is 6.42. The van der Waals surface area contributed by atoms with Crippen LogP contribution in [-0.2, 0) is 0 Å². The van der Waals surface area contributed by atoms with Crippen molar-refractivity contribution in [1.29, 1.82) is 0 Å². The number of hydrogen-bond donors (Lipinski definition) is 1. The Bertz CT molecular complexity index is 534. The van der Waals surface area contributed by atoms with E-state index in [0.29, 0.717) is 5.95 Å². The third-order valence-electron chi connectivity index (χ3n) is 2.89. The summed E-state index contributed by atoms with van der Waals surface area (Å²) in [5.41, 5.74) is 9.17. The molecule has 0 bridgehead atoms. The highest BCUT2D eigenvalue weighted by Crippen LogP contribution is 2.19. The van der Waals surface area contributed by atoms with Crippen LogP contribution >= 0.6 is 0 Å². The highest BCUT2D eigenvalue weighted by molar-refractivity contribution is 5.62. The van der Waals surface area contributed by atoms with Crippen molar-refractivity contribution >= 4 is 5.95 Å². The summed E-state index contributed by atoms with van der Waals surface area (Å²) in [7, 11) is 1.95. The summed E-state index contributed by atoms with van der Waals surface area (Å²) in [6.07, 6.45) is 3.71. The Morgan fingerprint density at radius 3 is 2.47 bits per heavy atom. The third-order valence-corrected chi connectivity index (χ3v) is 2.89. The second kappa shape index (κ2) is 5.80. The van der Waals surface area contributed by atoms with Gasteiger partial charge in [0.05, 0.1) is 0 Å². The number of rotatable bonds is 4. The van der Waals surface area contributed by atoms with Gasteiger partial charge in [-0.25, -0.2) is 9.97 Å². The average Bonchev–Trinajstić information content (AvgIpc) is 2.38. The van der Waals surface area contributed by atoms with Crippen molar-refractivity contribution in [3.63, 3.8) is 0 Å². The second-order valence-corrected chi connectivity index (χ2v) is 5.00. The molecular formula is C15H20N4. The van der Waals surface area contributed by atoms with E-state index in [1.54, 1.807) is 0 Å². The largest absolute Gasteiger partial charge is 0.342 e. The molecule has 0 aliphatic carbocycles. The average molecular weight is 256 g/mol. The van der Waals surface area contributed by atoms with Crippen LogP contribution in [0.5, 0.6) is 0 Å². The van der Waals surface area contributed by atoms with Crippen LogP contribution in [0.25, 0.3) is 11.1 Å². The van der Waals surface area contributed by atoms with E-state index in [1.807, 2.05) is 37.3 Å². The Morgan fingerprint density at radius 2 is 1.89 bits per heavy atom. The summed E-state index contributed by atoms with van der Waals surface area (Å²) >= 11 is 0. The fourth-order valence-corrected chi connectivity index (χ4v) is 2.01. The van der Waals surface area contributed by atoms with Crippen molar-refractivity contribution in [2.24, 2.45) is 5.73 Å². The molecule has 2 rings (SSSR count). The molecule has 1 atom stereocenters. The molecule has 0 aliphatic heterocycles. The maximum Gasteiger partial charge on any atom is 0.225 e. The van der Waals surface area contributed by atoms with E-state index in [-0.39, 0.29) is 6.04 Å². The van der Waals surface area contributed by atoms with Gasteiger partial charge in [-0.2, -0.15) is 0 Å². The molecule has 19 heavy (non-hydrogen) atoms. The number of benzene rings is 1. The van der Waals surface area contributed by atoms with E-state index in [4.69, 9.17) is 5.73 Å². The Balaban J connectivity index is 2.19. The standard InChI is InChI=1S/C15H20N4/c1-11-5-4-6-13(7-11)14-8-17-15(18-9-14)19(3)10-12(2)16/h4-9,12H,10,16H2,1-3H3. The lowest BCUT2D eigenvalue weighted by Crippen LogP contribution is -2.33. The number of nitrogens with two attached hydrogens (primary N) is 1. The molecule has 1 aromatic heterocycles. The van der Waals surface area contributed by atoms with E-state index in [9.17, 15) is 0 Å². The van der Waals surface area contributed by atoms with E-state index >= 15 is 0 Å². The van der Waals surface area contributed by atoms with Crippen molar-refractivity contribution in [3.05, 3.63) is 42.2 Å². The maximum atomic E-state index is 5.77. The van der Waals surface area contributed by atoms with Crippen molar-refractivity contribution in [2.45, 2.75) is 19.9 Å². The Hall–Kier alpha value is -1.94. The number of nitrogens with zero attached hydrogens (tertiary/aromatic N) is 3. The topological polar surface area (TPSA) is 55.0 Å². The molecule has 0 radical (unpaired) electrons. The minimum atomic E-state index is 0.102. The lowest BCUT2D eigenvalue weighted by molar-refractivity contribution is 0.704. The quantitative estimate of drug-likeness (QED) is 0.911. The molecule has 0 saturated carbocycles. The number of aryl methyl sites for hydroxylation is 1. The fourth-order valence-electron chi connectivity index (χ4n) is 2.01. The van der Waals surface area contributed by atoms with Crippen LogP contribution in [0, 0.1) is 6.92 Å². The van der Waals surface area contributed by atoms with Crippen LogP contribution in [0.15, 0.2) is 36.7 Å². The molecule has 100 valence electrons. The molecule has 4 nitrogen and oxygen atoms in total. The zero-order valence-corrected chi connectivity index (χ0v) is 11.7. The molecule has 1 heterocycles. The highest BCUT2D eigenvalue weighted by Gasteiger charge is 2.07. The first-order valence-electron chi connectivity index (χ1n) is 6.42. The van der Waals surface area contributed by atoms with Gasteiger partial charge >= 0.3 is 0 Å². The van der Waals surface area contributed by atoms with E-state index in [0.717, 1.165) is 17.7 Å². The molecule has 0 spiro atoms. The first-order chi connectivity index (χ1) is 9.06. The van der Waals surface area contributed by atoms with Crippen LogP contribution in [0.2, 0.25) is 0 Å². The highest BCUT2D eigenvalue weighted by atomic mass is 15.2. The Morgan fingerprint density at radius 1 is 1.21 bits per heavy atom. The first kappa shape index (κ1) is 13.5. The summed E-state index contributed by atoms with van der Waals surface area (Å²) in [4.78, 5) is 10.8. The van der Waals surface area contributed by atoms with Gasteiger partial charge in [0, 0.05) is 37.6 Å². The number of anilines is 1. The molecule has 0 saturated heterocycles. The number of likely N-dealkylation sites (N-methyl/N-ethyl adjacent to an activating group) is 1. The van der Waals surface area contributed by atoms with Crippen LogP contribution in [0.4, 0.5) is 5.95 Å². The van der Waals surface area contributed by atoms with Crippen molar-refractivity contribution < 1.29 is 0 Å². The van der Waals surface area contributed by atoms with Gasteiger partial charge in [-0.3, -0.25) is 0 Å². The molecule has 1 unspecified atom stereocenters. The number of hydrogen-bond acceptors (Lipinski definition) is 4. The van der Waals surface area contributed by atoms with Gasteiger partial charge < -0.3 is 10.6 Å². The number of aromatic nitrogens is 2. The van der Waals surface area contributed by atoms with Gasteiger partial charge in [0.25, 0.3) is 0 Å². The molecule has 0 fully saturated rings. The van der Waals surface area contributed by atoms with Crippen LogP contribution in [0.1, 0.15) is 12.5 Å². The van der Waals surface area contributed by atoms with Gasteiger partial charge in [-0.1, -0.05) is 29.8 Å². The summed E-state index contributed by atoms with van der Waals surface area (Å²) in [6, 6.07) is 8.42. The van der Waals surface area contributed by atoms with Crippen molar-refractivity contribution in [3.8, 4) is 11.1 Å². The normalized spacial score (nSPS) is 12.2. The van der Waals surface area contributed by atoms with Crippen LogP contribution in [0.3, 0.4) is 0 Å². The predicted molar refractivity (Wildman–Crippen MR) is 79.1 cm³/mol. The summed E-state index contributed by atoms with van der Waals surface area (Å²) in [6.45, 7) is 4.79. The molecule has 4 heteroatoms. The summed E-state index contributed by atoms with van der Waals surface area (Å²) < 4.78 is 0. The van der Waals surface area contributed by atoms with E-state index in [2.05, 4.69) is 35.1 Å². The van der Waals surface area contributed by atoms with E-state index < -0.39 is 0 Å². The molecule has 2 aromatic rings. The van der Waals surface area contributed by atoms with E-state index in [1.165, 1.54) is 5.56 Å². The van der Waals surface area contributed by atoms with Crippen molar-refractivity contribution in [1.82, 2.24) is 9.97 Å². The fraction of sp³-hybridized carbons (Fsp3) is 0.333. The second-order valence-electron chi connectivity index (χ2n) is 5.00. The molecule has 0 amide bonds. The minimum Gasteiger partial charge on any atom is -0.342 e. The molecule has 2 N–H and O–H groups in total. The van der Waals surface area contributed by atoms with Crippen LogP contribution in [-0.4, -0.2) is 29.6 Å².